The van der Waals surface area contributed by atoms with Crippen molar-refractivity contribution < 1.29 is 24.2 Å². The number of carbonyl (C=O) groups excluding carboxylic acids is 2. The van der Waals surface area contributed by atoms with Crippen LogP contribution in [0.25, 0.3) is 0 Å². The Bertz CT molecular complexity index is 653. The molecule has 5 nitrogen and oxygen atoms in total. The molecule has 1 saturated heterocycles. The molecule has 0 unspecified atom stereocenters. The molecule has 0 radical (unpaired) electrons. The number of carbonyl (C=O) groups is 2. The number of esters is 2. The van der Waals surface area contributed by atoms with Crippen LogP contribution in [0.3, 0.4) is 0 Å². The molecule has 1 N–H and O–H groups in total. The zero-order valence-corrected chi connectivity index (χ0v) is 15.1. The molecule has 5 heteroatoms. The summed E-state index contributed by atoms with van der Waals surface area (Å²) in [5, 5.41) is 8.96. The lowest BCUT2D eigenvalue weighted by Gasteiger charge is -2.27. The maximum atomic E-state index is 12.3. The molecule has 3 atom stereocenters. The molecule has 2 rings (SSSR count). The smallest absolute Gasteiger partial charge is 0.334 e. The lowest BCUT2D eigenvalue weighted by molar-refractivity contribution is -0.147. The van der Waals surface area contributed by atoms with E-state index in [9.17, 15) is 9.59 Å². The summed E-state index contributed by atoms with van der Waals surface area (Å²) < 4.78 is 11.1. The zero-order valence-electron chi connectivity index (χ0n) is 15.1. The first-order chi connectivity index (χ1) is 11.8. The van der Waals surface area contributed by atoms with E-state index >= 15 is 0 Å². The third kappa shape index (κ3) is 4.69. The van der Waals surface area contributed by atoms with Crippen molar-refractivity contribution in [3.63, 3.8) is 0 Å². The lowest BCUT2D eigenvalue weighted by Crippen LogP contribution is -2.33. The first-order valence-corrected chi connectivity index (χ1v) is 8.54. The van der Waals surface area contributed by atoms with Gasteiger partial charge in [0.25, 0.3) is 0 Å². The molecule has 1 aliphatic heterocycles. The number of hydrogen-bond donors (Lipinski definition) is 1. The molecule has 136 valence electrons. The van der Waals surface area contributed by atoms with Crippen molar-refractivity contribution in [2.75, 3.05) is 6.61 Å². The molecule has 1 heterocycles. The Kier molecular flexibility index (Phi) is 6.37. The van der Waals surface area contributed by atoms with Crippen LogP contribution in [0, 0.1) is 5.92 Å². The molecule has 25 heavy (non-hydrogen) atoms. The number of aliphatic hydroxyl groups excluding tert-OH is 1. The van der Waals surface area contributed by atoms with Crippen LogP contribution in [0.5, 0.6) is 0 Å². The summed E-state index contributed by atoms with van der Waals surface area (Å²) in [4.78, 5) is 24.4. The van der Waals surface area contributed by atoms with Crippen LogP contribution in [0.1, 0.15) is 40.0 Å². The maximum absolute atomic E-state index is 12.3. The molecule has 0 aromatic heterocycles. The van der Waals surface area contributed by atoms with E-state index in [0.717, 1.165) is 24.0 Å². The number of fused-ring (bicyclic) bond motifs is 1. The molecule has 0 aromatic carbocycles. The van der Waals surface area contributed by atoms with Gasteiger partial charge in [-0.2, -0.15) is 0 Å². The molecule has 0 saturated carbocycles. The molecule has 0 bridgehead atoms. The predicted molar refractivity (Wildman–Crippen MR) is 94.6 cm³/mol. The normalized spacial score (nSPS) is 32.0. The van der Waals surface area contributed by atoms with Gasteiger partial charge in [0.15, 0.2) is 0 Å². The van der Waals surface area contributed by atoms with Gasteiger partial charge in [-0.1, -0.05) is 23.8 Å². The van der Waals surface area contributed by atoms with Gasteiger partial charge in [0.1, 0.15) is 12.2 Å². The second kappa shape index (κ2) is 8.30. The number of allylic oxidation sites excluding steroid dienone is 2. The van der Waals surface area contributed by atoms with E-state index in [0.29, 0.717) is 17.6 Å². The number of aliphatic hydroxyl groups is 1. The fraction of sp³-hybridized carbons (Fsp3) is 0.500. The minimum absolute atomic E-state index is 0.229. The molecule has 0 spiro atoms. The van der Waals surface area contributed by atoms with E-state index in [4.69, 9.17) is 14.6 Å². The second-order valence-electron chi connectivity index (χ2n) is 6.74. The van der Waals surface area contributed by atoms with Crippen molar-refractivity contribution in [2.45, 2.75) is 52.2 Å². The first-order valence-electron chi connectivity index (χ1n) is 8.54. The SMILES string of the molecule is C=C1C(=O)O[C@@H]2/C=C(/C)CC/C=C(/C)C[C@@H](OC(=O)/C(C)=C/CO)[C@@H]12. The highest BCUT2D eigenvalue weighted by Gasteiger charge is 2.44. The number of rotatable bonds is 3. The summed E-state index contributed by atoms with van der Waals surface area (Å²) in [6.07, 6.45) is 6.77. The van der Waals surface area contributed by atoms with E-state index in [1.54, 1.807) is 6.92 Å². The van der Waals surface area contributed by atoms with Gasteiger partial charge >= 0.3 is 11.9 Å². The van der Waals surface area contributed by atoms with Crippen LogP contribution in [0.15, 0.2) is 47.1 Å². The average Bonchev–Trinajstić information content (AvgIpc) is 2.80. The molecular weight excluding hydrogens is 320 g/mol. The average molecular weight is 346 g/mol. The van der Waals surface area contributed by atoms with Gasteiger partial charge in [-0.3, -0.25) is 0 Å². The molecule has 0 amide bonds. The zero-order chi connectivity index (χ0) is 18.6. The van der Waals surface area contributed by atoms with E-state index in [1.165, 1.54) is 6.08 Å². The quantitative estimate of drug-likeness (QED) is 0.483. The maximum Gasteiger partial charge on any atom is 0.334 e. The number of ether oxygens (including phenoxy) is 2. The second-order valence-corrected chi connectivity index (χ2v) is 6.74. The Morgan fingerprint density at radius 2 is 2.16 bits per heavy atom. The Morgan fingerprint density at radius 3 is 2.84 bits per heavy atom. The Morgan fingerprint density at radius 1 is 1.44 bits per heavy atom. The Hall–Kier alpha value is -2.14. The molecule has 1 fully saturated rings. The van der Waals surface area contributed by atoms with Crippen LogP contribution in [0.4, 0.5) is 0 Å². The van der Waals surface area contributed by atoms with E-state index in [2.05, 4.69) is 12.7 Å². The van der Waals surface area contributed by atoms with Gasteiger partial charge in [-0.25, -0.2) is 9.59 Å². The first kappa shape index (κ1) is 19.2. The topological polar surface area (TPSA) is 72.8 Å². The Balaban J connectivity index is 2.36. The van der Waals surface area contributed by atoms with Crippen molar-refractivity contribution in [1.29, 1.82) is 0 Å². The molecular formula is C20H26O5. The predicted octanol–water partition coefficient (Wildman–Crippen LogP) is 3.01. The van der Waals surface area contributed by atoms with Crippen molar-refractivity contribution in [3.05, 3.63) is 47.1 Å². The third-order valence-corrected chi connectivity index (χ3v) is 4.64. The van der Waals surface area contributed by atoms with Crippen molar-refractivity contribution >= 4 is 11.9 Å². The summed E-state index contributed by atoms with van der Waals surface area (Å²) in [5.41, 5.74) is 2.90. The van der Waals surface area contributed by atoms with Gasteiger partial charge in [-0.05, 0) is 45.8 Å². The molecule has 1 aliphatic carbocycles. The van der Waals surface area contributed by atoms with E-state index < -0.39 is 30.1 Å². The molecule has 0 aromatic rings. The third-order valence-electron chi connectivity index (χ3n) is 4.64. The highest BCUT2D eigenvalue weighted by Crippen LogP contribution is 2.36. The summed E-state index contributed by atoms with van der Waals surface area (Å²) in [7, 11) is 0. The lowest BCUT2D eigenvalue weighted by atomic mass is 9.85. The van der Waals surface area contributed by atoms with Gasteiger partial charge in [-0.15, -0.1) is 0 Å². The minimum atomic E-state index is -0.545. The fourth-order valence-electron chi connectivity index (χ4n) is 3.18. The van der Waals surface area contributed by atoms with Gasteiger partial charge < -0.3 is 14.6 Å². The van der Waals surface area contributed by atoms with E-state index in [-0.39, 0.29) is 6.61 Å². The van der Waals surface area contributed by atoms with E-state index in [1.807, 2.05) is 19.9 Å². The van der Waals surface area contributed by atoms with Crippen LogP contribution < -0.4 is 0 Å². The largest absolute Gasteiger partial charge is 0.458 e. The minimum Gasteiger partial charge on any atom is -0.458 e. The van der Waals surface area contributed by atoms with Crippen molar-refractivity contribution in [3.8, 4) is 0 Å². The van der Waals surface area contributed by atoms with Crippen LogP contribution in [-0.4, -0.2) is 35.9 Å². The summed E-state index contributed by atoms with van der Waals surface area (Å²) in [6, 6.07) is 0. The van der Waals surface area contributed by atoms with Gasteiger partial charge in [0.05, 0.1) is 12.5 Å². The fourth-order valence-corrected chi connectivity index (χ4v) is 3.18. The number of hydrogen-bond acceptors (Lipinski definition) is 5. The summed E-state index contributed by atoms with van der Waals surface area (Å²) in [6.45, 7) is 9.23. The summed E-state index contributed by atoms with van der Waals surface area (Å²) in [5.74, 6) is -1.35. The van der Waals surface area contributed by atoms with Gasteiger partial charge in [0.2, 0.25) is 0 Å². The van der Waals surface area contributed by atoms with Crippen molar-refractivity contribution in [2.24, 2.45) is 5.92 Å². The monoisotopic (exact) mass is 346 g/mol. The van der Waals surface area contributed by atoms with Crippen LogP contribution in [0.2, 0.25) is 0 Å². The van der Waals surface area contributed by atoms with Gasteiger partial charge in [0, 0.05) is 17.6 Å². The summed E-state index contributed by atoms with van der Waals surface area (Å²) >= 11 is 0. The standard InChI is InChI=1S/C20H26O5/c1-12-6-5-7-13(2)11-17-18(15(4)20(23)25-17)16(10-12)24-19(22)14(3)8-9-21/h6,8,11,16-18,21H,4-5,7,9-10H2,1-3H3/b12-6-,13-11-,14-8+/t16-,17-,18-/m1/s1. The Labute approximate surface area is 148 Å². The molecule has 2 aliphatic rings. The highest BCUT2D eigenvalue weighted by atomic mass is 16.6. The van der Waals surface area contributed by atoms with Crippen LogP contribution in [-0.2, 0) is 19.1 Å². The van der Waals surface area contributed by atoms with Crippen LogP contribution >= 0.6 is 0 Å². The van der Waals surface area contributed by atoms with Crippen molar-refractivity contribution in [1.82, 2.24) is 0 Å². The highest BCUT2D eigenvalue weighted by molar-refractivity contribution is 5.92.